The Morgan fingerprint density at radius 3 is 2.70 bits per heavy atom. The van der Waals surface area contributed by atoms with Gasteiger partial charge < -0.3 is 10.5 Å². The first-order valence-electron chi connectivity index (χ1n) is 9.38. The minimum atomic E-state index is -0.493. The number of ether oxygens (including phenoxy) is 1. The monoisotopic (exact) mass is 390 g/mol. The fraction of sp³-hybridized carbons (Fsp3) is 0.550. The Bertz CT molecular complexity index is 750. The van der Waals surface area contributed by atoms with Gasteiger partial charge in [0.05, 0.1) is 0 Å². The van der Waals surface area contributed by atoms with Crippen molar-refractivity contribution >= 4 is 24.0 Å². The van der Waals surface area contributed by atoms with E-state index in [2.05, 4.69) is 21.0 Å². The first-order valence-corrected chi connectivity index (χ1v) is 9.38. The van der Waals surface area contributed by atoms with E-state index in [1.807, 2.05) is 18.3 Å². The number of halogens is 1. The highest BCUT2D eigenvalue weighted by molar-refractivity contribution is 5.91. The number of methoxy groups -OCH3 is 1. The van der Waals surface area contributed by atoms with E-state index in [-0.39, 0.29) is 18.0 Å². The predicted octanol–water partition coefficient (Wildman–Crippen LogP) is 2.53. The van der Waals surface area contributed by atoms with Crippen LogP contribution in [-0.2, 0) is 10.3 Å². The second-order valence-corrected chi connectivity index (χ2v) is 7.59. The van der Waals surface area contributed by atoms with Crippen molar-refractivity contribution in [1.82, 2.24) is 9.88 Å². The quantitative estimate of drug-likeness (QED) is 0.837. The number of pyridine rings is 1. The fourth-order valence-corrected chi connectivity index (χ4v) is 5.15. The molecular formula is C20H27ClN4O2. The van der Waals surface area contributed by atoms with E-state index in [0.717, 1.165) is 44.5 Å². The van der Waals surface area contributed by atoms with E-state index in [0.29, 0.717) is 17.5 Å². The number of nitrogens with two attached hydrogens (primary N) is 1. The highest BCUT2D eigenvalue weighted by Crippen LogP contribution is 2.51. The molecule has 2 atom stereocenters. The number of hydrogen-bond donors (Lipinski definition) is 1. The minimum Gasteiger partial charge on any atom is -0.373 e. The van der Waals surface area contributed by atoms with Gasteiger partial charge in [-0.2, -0.15) is 0 Å². The summed E-state index contributed by atoms with van der Waals surface area (Å²) in [5.41, 5.74) is 7.69. The SMILES string of the molecule is COC1(c2ccnc(C(N)=O)c2)C2CCCC1CN(CC1=NC=CC1)C2.Cl. The van der Waals surface area contributed by atoms with Gasteiger partial charge in [-0.25, -0.2) is 0 Å². The standard InChI is InChI=1S/C20H26N4O2.ClH/c1-26-20(14-7-9-23-18(10-14)19(21)25)15-4-2-5-16(20)12-24(11-15)13-17-6-3-8-22-17;/h3,7-10,15-16H,2,4-6,11-13H2,1H3,(H2,21,25);1H. The maximum atomic E-state index is 11.6. The molecule has 146 valence electrons. The van der Waals surface area contributed by atoms with Crippen LogP contribution in [0, 0.1) is 11.8 Å². The number of piperidine rings is 1. The molecule has 27 heavy (non-hydrogen) atoms. The van der Waals surface area contributed by atoms with Crippen molar-refractivity contribution in [2.75, 3.05) is 26.7 Å². The van der Waals surface area contributed by atoms with Crippen LogP contribution >= 0.6 is 12.4 Å². The number of primary amides is 1. The number of allylic oxidation sites excluding steroid dienone is 1. The van der Waals surface area contributed by atoms with Crippen LogP contribution in [0.4, 0.5) is 0 Å². The molecule has 1 aliphatic carbocycles. The summed E-state index contributed by atoms with van der Waals surface area (Å²) in [5, 5.41) is 0. The lowest BCUT2D eigenvalue weighted by molar-refractivity contribution is -0.167. The lowest BCUT2D eigenvalue weighted by Gasteiger charge is -2.55. The van der Waals surface area contributed by atoms with Gasteiger partial charge in [0, 0.05) is 63.1 Å². The van der Waals surface area contributed by atoms with E-state index in [1.54, 1.807) is 13.3 Å². The summed E-state index contributed by atoms with van der Waals surface area (Å²) in [5.74, 6) is 0.281. The molecule has 3 aliphatic rings. The largest absolute Gasteiger partial charge is 0.373 e. The lowest BCUT2D eigenvalue weighted by atomic mass is 9.62. The molecule has 1 aromatic rings. The number of carbonyl (C=O) groups is 1. The van der Waals surface area contributed by atoms with Crippen molar-refractivity contribution in [1.29, 1.82) is 0 Å². The number of hydrogen-bond acceptors (Lipinski definition) is 5. The van der Waals surface area contributed by atoms with Crippen molar-refractivity contribution in [3.63, 3.8) is 0 Å². The topological polar surface area (TPSA) is 80.8 Å². The number of fused-ring (bicyclic) bond motifs is 2. The van der Waals surface area contributed by atoms with Crippen molar-refractivity contribution in [2.45, 2.75) is 31.3 Å². The zero-order valence-corrected chi connectivity index (χ0v) is 16.5. The van der Waals surface area contributed by atoms with Crippen LogP contribution < -0.4 is 5.73 Å². The van der Waals surface area contributed by atoms with Gasteiger partial charge in [-0.05, 0) is 30.5 Å². The Morgan fingerprint density at radius 2 is 2.11 bits per heavy atom. The van der Waals surface area contributed by atoms with Gasteiger partial charge in [0.25, 0.3) is 5.91 Å². The first kappa shape index (κ1) is 20.0. The van der Waals surface area contributed by atoms with Gasteiger partial charge in [0.15, 0.2) is 0 Å². The third-order valence-corrected chi connectivity index (χ3v) is 6.20. The number of aromatic nitrogens is 1. The Balaban J connectivity index is 0.00000210. The Labute approximate surface area is 166 Å². The van der Waals surface area contributed by atoms with E-state index in [4.69, 9.17) is 10.5 Å². The Kier molecular flexibility index (Phi) is 5.99. The van der Waals surface area contributed by atoms with Crippen molar-refractivity contribution < 1.29 is 9.53 Å². The zero-order chi connectivity index (χ0) is 18.1. The van der Waals surface area contributed by atoms with Gasteiger partial charge in [-0.3, -0.25) is 19.7 Å². The molecule has 0 spiro atoms. The molecular weight excluding hydrogens is 364 g/mol. The number of likely N-dealkylation sites (tertiary alicyclic amines) is 1. The number of nitrogens with zero attached hydrogens (tertiary/aromatic N) is 3. The van der Waals surface area contributed by atoms with Crippen LogP contribution in [0.2, 0.25) is 0 Å². The van der Waals surface area contributed by atoms with Crippen LogP contribution in [-0.4, -0.2) is 48.2 Å². The van der Waals surface area contributed by atoms with Crippen molar-refractivity contribution in [2.24, 2.45) is 22.6 Å². The summed E-state index contributed by atoms with van der Waals surface area (Å²) >= 11 is 0. The average molecular weight is 391 g/mol. The molecule has 0 aromatic carbocycles. The Hall–Kier alpha value is -1.76. The highest BCUT2D eigenvalue weighted by Gasteiger charge is 2.53. The summed E-state index contributed by atoms with van der Waals surface area (Å²) in [4.78, 5) is 22.7. The molecule has 2 bridgehead atoms. The molecule has 1 saturated carbocycles. The highest BCUT2D eigenvalue weighted by atomic mass is 35.5. The van der Waals surface area contributed by atoms with Gasteiger partial charge in [-0.1, -0.05) is 12.5 Å². The van der Waals surface area contributed by atoms with Gasteiger partial charge in [-0.15, -0.1) is 12.4 Å². The third kappa shape index (κ3) is 3.53. The van der Waals surface area contributed by atoms with E-state index >= 15 is 0 Å². The van der Waals surface area contributed by atoms with Gasteiger partial charge in [0.2, 0.25) is 0 Å². The van der Waals surface area contributed by atoms with Crippen molar-refractivity contribution in [3.05, 3.63) is 41.9 Å². The van der Waals surface area contributed by atoms with E-state index in [9.17, 15) is 4.79 Å². The number of amides is 1. The van der Waals surface area contributed by atoms with Crippen LogP contribution in [0.25, 0.3) is 0 Å². The summed E-state index contributed by atoms with van der Waals surface area (Å²) in [7, 11) is 1.80. The molecule has 4 rings (SSSR count). The van der Waals surface area contributed by atoms with E-state index < -0.39 is 5.91 Å². The molecule has 1 amide bonds. The van der Waals surface area contributed by atoms with Gasteiger partial charge >= 0.3 is 0 Å². The van der Waals surface area contributed by atoms with Gasteiger partial charge in [0.1, 0.15) is 11.3 Å². The van der Waals surface area contributed by atoms with Crippen LogP contribution in [0.3, 0.4) is 0 Å². The second-order valence-electron chi connectivity index (χ2n) is 7.59. The summed E-state index contributed by atoms with van der Waals surface area (Å²) in [6.07, 6.45) is 10.1. The molecule has 2 unspecified atom stereocenters. The summed E-state index contributed by atoms with van der Waals surface area (Å²) in [6.45, 7) is 2.90. The van der Waals surface area contributed by atoms with E-state index in [1.165, 1.54) is 12.1 Å². The molecule has 1 aromatic heterocycles. The van der Waals surface area contributed by atoms with Crippen LogP contribution in [0.5, 0.6) is 0 Å². The Morgan fingerprint density at radius 1 is 1.37 bits per heavy atom. The second kappa shape index (κ2) is 8.09. The zero-order valence-electron chi connectivity index (χ0n) is 15.6. The molecule has 6 nitrogen and oxygen atoms in total. The molecule has 7 heteroatoms. The average Bonchev–Trinajstić information content (AvgIpc) is 3.14. The summed E-state index contributed by atoms with van der Waals surface area (Å²) < 4.78 is 6.24. The molecule has 0 radical (unpaired) electrons. The van der Waals surface area contributed by atoms with Crippen LogP contribution in [0.15, 0.2) is 35.6 Å². The molecule has 2 N–H and O–H groups in total. The number of carbonyl (C=O) groups excluding carboxylic acids is 1. The molecule has 2 aliphatic heterocycles. The molecule has 3 heterocycles. The van der Waals surface area contributed by atoms with Crippen LogP contribution in [0.1, 0.15) is 41.7 Å². The normalized spacial score (nSPS) is 29.9. The fourth-order valence-electron chi connectivity index (χ4n) is 5.15. The van der Waals surface area contributed by atoms with Crippen molar-refractivity contribution in [3.8, 4) is 0 Å². The lowest BCUT2D eigenvalue weighted by Crippen LogP contribution is -2.59. The maximum absolute atomic E-state index is 11.6. The minimum absolute atomic E-state index is 0. The predicted molar refractivity (Wildman–Crippen MR) is 107 cm³/mol. The molecule has 2 fully saturated rings. The number of aliphatic imine (C=N–C) groups is 1. The third-order valence-electron chi connectivity index (χ3n) is 6.20. The summed E-state index contributed by atoms with van der Waals surface area (Å²) in [6, 6.07) is 3.82. The first-order chi connectivity index (χ1) is 12.6. The molecule has 1 saturated heterocycles. The maximum Gasteiger partial charge on any atom is 0.267 e. The smallest absolute Gasteiger partial charge is 0.267 e. The number of rotatable bonds is 5.